The average Bonchev–Trinajstić information content (AvgIpc) is 1.09. The van der Waals surface area contributed by atoms with E-state index >= 15 is 105 Å². The van der Waals surface area contributed by atoms with Crippen molar-refractivity contribution in [3.63, 3.8) is 0 Å². The number of halogens is 25. The number of benzene rings is 6. The number of fused-ring (bicyclic) bond motifs is 5. The number of nitrogens with one attached hydrogen (secondary N) is 2. The molecular weight excluding hydrogens is 1320 g/mol. The Morgan fingerprint density at radius 3 is 1.15 bits per heavy atom. The maximum Gasteiger partial charge on any atom is 0.200 e. The summed E-state index contributed by atoms with van der Waals surface area (Å²) in [5.74, 6) is -75.0. The third-order valence-corrected chi connectivity index (χ3v) is 16.3. The van der Waals surface area contributed by atoms with Crippen molar-refractivity contribution in [2.24, 2.45) is 15.0 Å². The largest absolute Gasteiger partial charge is 0.385 e. The zero-order valence-electron chi connectivity index (χ0n) is 45.4. The predicted molar refractivity (Wildman–Crippen MR) is 281 cm³/mol. The van der Waals surface area contributed by atoms with E-state index in [0.29, 0.717) is 41.3 Å². The molecule has 0 saturated carbocycles. The van der Waals surface area contributed by atoms with E-state index in [0.717, 1.165) is 12.1 Å². The Bertz CT molecular complexity index is 5180. The topological polar surface area (TPSA) is 68.1 Å². The highest BCUT2D eigenvalue weighted by atomic mass is 19.2. The van der Waals surface area contributed by atoms with E-state index in [1.54, 1.807) is 6.92 Å². The van der Waals surface area contributed by atoms with E-state index in [9.17, 15) is 4.39 Å². The van der Waals surface area contributed by atoms with E-state index < -0.39 is 281 Å². The molecule has 7 aromatic rings. The van der Waals surface area contributed by atoms with Crippen LogP contribution in [0.3, 0.4) is 0 Å². The first kappa shape index (κ1) is 60.9. The van der Waals surface area contributed by atoms with Crippen LogP contribution < -0.4 is 16.0 Å². The second kappa shape index (κ2) is 20.9. The molecule has 1 fully saturated rings. The molecular formula is C63H19F25N6. The lowest BCUT2D eigenvalue weighted by Gasteiger charge is -2.55. The van der Waals surface area contributed by atoms with E-state index in [-0.39, 0.29) is 17.8 Å². The van der Waals surface area contributed by atoms with Crippen molar-refractivity contribution >= 4 is 50.8 Å². The number of nitrogens with zero attached hydrogens (tertiary/aromatic N) is 4. The van der Waals surface area contributed by atoms with Crippen molar-refractivity contribution in [3.8, 4) is 0 Å². The average molecular weight is 1330 g/mol. The van der Waals surface area contributed by atoms with Gasteiger partial charge >= 0.3 is 0 Å². The molecule has 2 aliphatic carbocycles. The molecule has 1 aromatic heterocycles. The van der Waals surface area contributed by atoms with Crippen molar-refractivity contribution in [1.29, 1.82) is 0 Å². The Morgan fingerprint density at radius 2 is 0.734 bits per heavy atom. The van der Waals surface area contributed by atoms with Crippen LogP contribution in [0.5, 0.6) is 0 Å². The second-order valence-electron chi connectivity index (χ2n) is 21.1. The third-order valence-electron chi connectivity index (χ3n) is 16.3. The lowest BCUT2D eigenvalue weighted by atomic mass is 9.73. The molecule has 0 spiro atoms. The normalized spacial score (nSPS) is 17.8. The Kier molecular flexibility index (Phi) is 13.6. The van der Waals surface area contributed by atoms with Gasteiger partial charge in [0.1, 0.15) is 11.9 Å². The van der Waals surface area contributed by atoms with E-state index in [4.69, 9.17) is 0 Å². The summed E-state index contributed by atoms with van der Waals surface area (Å²) >= 11 is 0. The van der Waals surface area contributed by atoms with Gasteiger partial charge in [0.05, 0.1) is 73.0 Å². The van der Waals surface area contributed by atoms with Crippen LogP contribution in [0.1, 0.15) is 46.2 Å². The molecule has 8 heterocycles. The van der Waals surface area contributed by atoms with Gasteiger partial charge in [-0.05, 0) is 60.1 Å². The molecule has 7 aliphatic heterocycles. The van der Waals surface area contributed by atoms with Crippen molar-refractivity contribution < 1.29 is 110 Å². The summed E-state index contributed by atoms with van der Waals surface area (Å²) in [5.41, 5.74) is -29.9. The molecule has 9 aliphatic rings. The van der Waals surface area contributed by atoms with Crippen molar-refractivity contribution in [2.75, 3.05) is 11.9 Å². The lowest BCUT2D eigenvalue weighted by molar-refractivity contribution is 0.373. The highest BCUT2D eigenvalue weighted by molar-refractivity contribution is 6.38. The van der Waals surface area contributed by atoms with Crippen LogP contribution in [0.4, 0.5) is 115 Å². The number of H-pyrrole nitrogens is 1. The molecule has 94 heavy (non-hydrogen) atoms. The first-order chi connectivity index (χ1) is 44.6. The predicted octanol–water partition coefficient (Wildman–Crippen LogP) is 15.0. The first-order valence-corrected chi connectivity index (χ1v) is 26.6. The number of aromatic amines is 1. The fourth-order valence-corrected chi connectivity index (χ4v) is 12.4. The minimum Gasteiger partial charge on any atom is -0.385 e. The molecule has 476 valence electrons. The van der Waals surface area contributed by atoms with E-state index in [2.05, 4.69) is 25.3 Å². The number of anilines is 1. The maximum absolute atomic E-state index is 17.3. The van der Waals surface area contributed by atoms with Gasteiger partial charge in [0.25, 0.3) is 0 Å². The van der Waals surface area contributed by atoms with Crippen molar-refractivity contribution in [2.45, 2.75) is 18.9 Å². The molecule has 2 N–H and O–H groups in total. The Hall–Kier alpha value is -10.6. The van der Waals surface area contributed by atoms with E-state index in [1.807, 2.05) is 0 Å². The summed E-state index contributed by atoms with van der Waals surface area (Å²) in [6.07, 6.45) is 2.31. The monoisotopic (exact) mass is 1330 g/mol. The van der Waals surface area contributed by atoms with Gasteiger partial charge in [0.2, 0.25) is 29.1 Å². The number of allylic oxidation sites excluding steroid dienone is 8. The SMILES string of the molecule is CCNc1ccc(C2C3=C(c4c(F)c(F)c(F)c(F)c4F)C4=C5C6=C(N=C7C(c8c(F)c(F)c(F)c(F)c8F)=C8C=CC(=N8)C(c8c(F)c(F)c(F)c(F)c8F)=c8ccc([nH]8)=C(c8c(F)c(F)c(F)c(F)c8F)C(=N4)N6C75)C(c4c(F)c(F)c(F)c(F)c4F)=C2C=C3)cc1. The summed E-state index contributed by atoms with van der Waals surface area (Å²) in [6, 6.07) is 3.01. The highest BCUT2D eigenvalue weighted by Crippen LogP contribution is 2.62. The van der Waals surface area contributed by atoms with Gasteiger partial charge in [0, 0.05) is 51.4 Å². The molecule has 2 atom stereocenters. The molecule has 0 amide bonds. The number of amidine groups is 1. The number of hydrogen-bond donors (Lipinski definition) is 2. The van der Waals surface area contributed by atoms with Gasteiger partial charge in [0.15, 0.2) is 116 Å². The van der Waals surface area contributed by atoms with Gasteiger partial charge in [-0.3, -0.25) is 0 Å². The van der Waals surface area contributed by atoms with Crippen LogP contribution in [-0.2, 0) is 0 Å². The lowest BCUT2D eigenvalue weighted by Crippen LogP contribution is -2.61. The molecule has 16 rings (SSSR count). The summed E-state index contributed by atoms with van der Waals surface area (Å²) < 4.78 is 406. The van der Waals surface area contributed by atoms with Crippen molar-refractivity contribution in [3.05, 3.63) is 290 Å². The quantitative estimate of drug-likeness (QED) is 0.0904. The fourth-order valence-electron chi connectivity index (χ4n) is 12.4. The minimum atomic E-state index is -2.96. The molecule has 6 nitrogen and oxygen atoms in total. The van der Waals surface area contributed by atoms with Crippen LogP contribution in [-0.4, -0.2) is 39.7 Å². The van der Waals surface area contributed by atoms with Crippen LogP contribution in [0.25, 0.3) is 27.9 Å². The van der Waals surface area contributed by atoms with Gasteiger partial charge < -0.3 is 15.2 Å². The molecule has 31 heteroatoms. The standard InChI is InChI=1S/C63H19F25N6/c1-2-89-14-5-3-13(4-6-14)21-15-7-8-16(21)23(28-35(66)45(76)54(85)46(77)36(28)67)59-61-32-58(22(15)27-33(64)43(74)53(84)44(75)34(27)65)93-63-26(31-41(72)51(82)57(88)52(83)42(31)73)20-12-10-18(91-20)24(29-37(68)47(78)55(86)48(79)38(29)69)17-9-11-19(90-17)25(60(92-59)62(32)94(61)63)30-39(70)49(80)56(87)50(81)40(30)71/h3-12,21,62,89,91H,2H2,1H3. The van der Waals surface area contributed by atoms with Crippen LogP contribution in [0.2, 0.25) is 0 Å². The zero-order valence-corrected chi connectivity index (χ0v) is 45.4. The Balaban J connectivity index is 1.29. The number of aromatic nitrogens is 1. The molecule has 0 radical (unpaired) electrons. The molecule has 2 unspecified atom stereocenters. The molecule has 6 aromatic carbocycles. The zero-order chi connectivity index (χ0) is 67.3. The summed E-state index contributed by atoms with van der Waals surface area (Å²) in [4.78, 5) is 15.3. The maximum atomic E-state index is 17.3. The number of rotatable bonds is 8. The van der Waals surface area contributed by atoms with Crippen LogP contribution in [0, 0.1) is 145 Å². The smallest absolute Gasteiger partial charge is 0.200 e. The van der Waals surface area contributed by atoms with Crippen LogP contribution in [0.15, 0.2) is 115 Å². The number of aliphatic imine (C=N–C) groups is 3. The third kappa shape index (κ3) is 7.94. The fraction of sp³-hybridized carbons (Fsp3) is 0.0635. The van der Waals surface area contributed by atoms with Gasteiger partial charge in [-0.15, -0.1) is 0 Å². The second-order valence-corrected chi connectivity index (χ2v) is 21.1. The van der Waals surface area contributed by atoms with Crippen molar-refractivity contribution in [1.82, 2.24) is 9.88 Å². The molecule has 1 saturated heterocycles. The first-order valence-electron chi connectivity index (χ1n) is 26.6. The van der Waals surface area contributed by atoms with E-state index in [1.165, 1.54) is 12.1 Å². The Labute approximate surface area is 504 Å². The summed E-state index contributed by atoms with van der Waals surface area (Å²) in [6.45, 7) is 1.79. The summed E-state index contributed by atoms with van der Waals surface area (Å²) in [7, 11) is 0. The van der Waals surface area contributed by atoms with Crippen LogP contribution >= 0.6 is 0 Å². The minimum absolute atomic E-state index is 0.186. The Morgan fingerprint density at radius 1 is 0.372 bits per heavy atom. The number of hydrogen-bond acceptors (Lipinski definition) is 5. The van der Waals surface area contributed by atoms with Gasteiger partial charge in [-0.25, -0.2) is 125 Å². The molecule has 14 bridgehead atoms. The summed E-state index contributed by atoms with van der Waals surface area (Å²) in [5, 5.41) is 0.485. The van der Waals surface area contributed by atoms with Gasteiger partial charge in [-0.1, -0.05) is 24.3 Å². The highest BCUT2D eigenvalue weighted by Gasteiger charge is 2.59. The van der Waals surface area contributed by atoms with Gasteiger partial charge in [-0.2, -0.15) is 0 Å².